The standard InChI is InChI=1S/C15H22N2O/c1-4-17(5-2)15(18-3)10-12-11-16-14-9-7-6-8-13(12)14/h6-9,11,15-16H,4-5,10H2,1-3H3. The topological polar surface area (TPSA) is 28.3 Å². The summed E-state index contributed by atoms with van der Waals surface area (Å²) in [4.78, 5) is 5.65. The fourth-order valence-corrected chi connectivity index (χ4v) is 2.48. The van der Waals surface area contributed by atoms with Gasteiger partial charge in [-0.15, -0.1) is 0 Å². The summed E-state index contributed by atoms with van der Waals surface area (Å²) in [6.45, 7) is 6.37. The summed E-state index contributed by atoms with van der Waals surface area (Å²) < 4.78 is 5.63. The average molecular weight is 246 g/mol. The van der Waals surface area contributed by atoms with E-state index >= 15 is 0 Å². The van der Waals surface area contributed by atoms with E-state index in [2.05, 4.69) is 54.2 Å². The molecular formula is C15H22N2O. The van der Waals surface area contributed by atoms with Crippen molar-refractivity contribution in [3.8, 4) is 0 Å². The summed E-state index contributed by atoms with van der Waals surface area (Å²) >= 11 is 0. The third kappa shape index (κ3) is 2.57. The lowest BCUT2D eigenvalue weighted by atomic mass is 10.1. The highest BCUT2D eigenvalue weighted by atomic mass is 16.5. The highest BCUT2D eigenvalue weighted by Gasteiger charge is 2.16. The van der Waals surface area contributed by atoms with Gasteiger partial charge in [-0.2, -0.15) is 0 Å². The molecule has 18 heavy (non-hydrogen) atoms. The van der Waals surface area contributed by atoms with Crippen molar-refractivity contribution < 1.29 is 4.74 Å². The number of rotatable bonds is 6. The Morgan fingerprint density at radius 1 is 1.22 bits per heavy atom. The molecule has 0 aliphatic heterocycles. The predicted molar refractivity (Wildman–Crippen MR) is 75.7 cm³/mol. The number of aromatic amines is 1. The zero-order valence-corrected chi connectivity index (χ0v) is 11.4. The van der Waals surface area contributed by atoms with Gasteiger partial charge >= 0.3 is 0 Å². The molecule has 0 saturated carbocycles. The smallest absolute Gasteiger partial charge is 0.114 e. The van der Waals surface area contributed by atoms with Gasteiger partial charge in [-0.05, 0) is 24.7 Å². The van der Waals surface area contributed by atoms with Crippen LogP contribution in [0.5, 0.6) is 0 Å². The zero-order valence-electron chi connectivity index (χ0n) is 11.4. The first-order valence-corrected chi connectivity index (χ1v) is 6.62. The normalized spacial score (nSPS) is 13.3. The molecule has 1 aromatic heterocycles. The lowest BCUT2D eigenvalue weighted by Crippen LogP contribution is -2.37. The number of para-hydroxylation sites is 1. The monoisotopic (exact) mass is 246 g/mol. The summed E-state index contributed by atoms with van der Waals surface area (Å²) in [5.41, 5.74) is 2.52. The van der Waals surface area contributed by atoms with Crippen molar-refractivity contribution in [3.05, 3.63) is 36.0 Å². The number of ether oxygens (including phenoxy) is 1. The molecule has 1 N–H and O–H groups in total. The number of nitrogens with one attached hydrogen (secondary N) is 1. The fraction of sp³-hybridized carbons (Fsp3) is 0.467. The fourth-order valence-electron chi connectivity index (χ4n) is 2.48. The number of nitrogens with zero attached hydrogens (tertiary/aromatic N) is 1. The number of hydrogen-bond donors (Lipinski definition) is 1. The third-order valence-electron chi connectivity index (χ3n) is 3.56. The van der Waals surface area contributed by atoms with Gasteiger partial charge in [-0.25, -0.2) is 0 Å². The van der Waals surface area contributed by atoms with Crippen LogP contribution < -0.4 is 0 Å². The molecule has 2 aromatic rings. The molecule has 0 saturated heterocycles. The Kier molecular flexibility index (Phi) is 4.39. The van der Waals surface area contributed by atoms with E-state index in [1.807, 2.05) is 0 Å². The Balaban J connectivity index is 2.21. The van der Waals surface area contributed by atoms with E-state index in [1.165, 1.54) is 16.5 Å². The van der Waals surface area contributed by atoms with Crippen LogP contribution in [-0.2, 0) is 11.2 Å². The molecule has 3 heteroatoms. The second-order valence-corrected chi connectivity index (χ2v) is 4.48. The summed E-state index contributed by atoms with van der Waals surface area (Å²) in [7, 11) is 1.79. The van der Waals surface area contributed by atoms with E-state index < -0.39 is 0 Å². The van der Waals surface area contributed by atoms with Gasteiger partial charge in [0.05, 0.1) is 0 Å². The molecule has 1 heterocycles. The summed E-state index contributed by atoms with van der Waals surface area (Å²) in [5, 5.41) is 1.30. The van der Waals surface area contributed by atoms with E-state index in [4.69, 9.17) is 4.74 Å². The minimum absolute atomic E-state index is 0.152. The number of hydrogen-bond acceptors (Lipinski definition) is 2. The minimum Gasteiger partial charge on any atom is -0.366 e. The van der Waals surface area contributed by atoms with Gasteiger partial charge in [0.1, 0.15) is 6.23 Å². The molecule has 0 aliphatic carbocycles. The second-order valence-electron chi connectivity index (χ2n) is 4.48. The maximum atomic E-state index is 5.63. The number of aromatic nitrogens is 1. The van der Waals surface area contributed by atoms with Gasteiger partial charge in [0.2, 0.25) is 0 Å². The molecule has 0 aliphatic rings. The lowest BCUT2D eigenvalue weighted by molar-refractivity contribution is -0.0259. The van der Waals surface area contributed by atoms with Crippen molar-refractivity contribution >= 4 is 10.9 Å². The van der Waals surface area contributed by atoms with Crippen LogP contribution in [0.3, 0.4) is 0 Å². The largest absolute Gasteiger partial charge is 0.366 e. The number of benzene rings is 1. The zero-order chi connectivity index (χ0) is 13.0. The molecule has 0 spiro atoms. The Morgan fingerprint density at radius 2 is 1.94 bits per heavy atom. The third-order valence-corrected chi connectivity index (χ3v) is 3.56. The highest BCUT2D eigenvalue weighted by Crippen LogP contribution is 2.20. The van der Waals surface area contributed by atoms with Crippen LogP contribution in [-0.4, -0.2) is 36.3 Å². The van der Waals surface area contributed by atoms with Crippen molar-refractivity contribution in [3.63, 3.8) is 0 Å². The van der Waals surface area contributed by atoms with Crippen LogP contribution in [0, 0.1) is 0 Å². The molecule has 98 valence electrons. The average Bonchev–Trinajstić information content (AvgIpc) is 2.82. The maximum absolute atomic E-state index is 5.63. The SMILES string of the molecule is CCN(CC)C(Cc1c[nH]c2ccccc12)OC. The maximum Gasteiger partial charge on any atom is 0.114 e. The second kappa shape index (κ2) is 6.03. The van der Waals surface area contributed by atoms with Crippen LogP contribution >= 0.6 is 0 Å². The molecule has 0 amide bonds. The van der Waals surface area contributed by atoms with Crippen molar-refractivity contribution in [1.82, 2.24) is 9.88 Å². The quantitative estimate of drug-likeness (QED) is 0.794. The molecule has 1 atom stereocenters. The van der Waals surface area contributed by atoms with Crippen molar-refractivity contribution in [1.29, 1.82) is 0 Å². The first-order valence-electron chi connectivity index (χ1n) is 6.62. The van der Waals surface area contributed by atoms with Gasteiger partial charge < -0.3 is 9.72 Å². The molecule has 0 bridgehead atoms. The molecular weight excluding hydrogens is 224 g/mol. The summed E-state index contributed by atoms with van der Waals surface area (Å²) in [6.07, 6.45) is 3.17. The minimum atomic E-state index is 0.152. The lowest BCUT2D eigenvalue weighted by Gasteiger charge is -2.28. The van der Waals surface area contributed by atoms with Crippen LogP contribution in [0.15, 0.2) is 30.5 Å². The Hall–Kier alpha value is -1.32. The first kappa shape index (κ1) is 13.1. The van der Waals surface area contributed by atoms with Gasteiger partial charge in [0.25, 0.3) is 0 Å². The van der Waals surface area contributed by atoms with Crippen LogP contribution in [0.4, 0.5) is 0 Å². The number of H-pyrrole nitrogens is 1. The van der Waals surface area contributed by atoms with E-state index in [0.717, 1.165) is 19.5 Å². The Labute approximate surface area is 109 Å². The van der Waals surface area contributed by atoms with Crippen LogP contribution in [0.25, 0.3) is 10.9 Å². The van der Waals surface area contributed by atoms with Gasteiger partial charge in [0, 0.05) is 30.6 Å². The molecule has 3 nitrogen and oxygen atoms in total. The van der Waals surface area contributed by atoms with E-state index in [9.17, 15) is 0 Å². The predicted octanol–water partition coefficient (Wildman–Crippen LogP) is 3.02. The number of methoxy groups -OCH3 is 1. The molecule has 1 aromatic carbocycles. The van der Waals surface area contributed by atoms with E-state index in [-0.39, 0.29) is 6.23 Å². The summed E-state index contributed by atoms with van der Waals surface area (Å²) in [5.74, 6) is 0. The van der Waals surface area contributed by atoms with Crippen molar-refractivity contribution in [2.75, 3.05) is 20.2 Å². The van der Waals surface area contributed by atoms with Crippen molar-refractivity contribution in [2.45, 2.75) is 26.5 Å². The number of likely N-dealkylation sites (N-methyl/N-ethyl adjacent to an activating group) is 1. The van der Waals surface area contributed by atoms with Crippen LogP contribution in [0.2, 0.25) is 0 Å². The summed E-state index contributed by atoms with van der Waals surface area (Å²) in [6, 6.07) is 8.41. The molecule has 0 fully saturated rings. The van der Waals surface area contributed by atoms with Gasteiger partial charge in [-0.3, -0.25) is 4.90 Å². The van der Waals surface area contributed by atoms with Gasteiger partial charge in [0.15, 0.2) is 0 Å². The van der Waals surface area contributed by atoms with Gasteiger partial charge in [-0.1, -0.05) is 32.0 Å². The van der Waals surface area contributed by atoms with E-state index in [1.54, 1.807) is 7.11 Å². The Morgan fingerprint density at radius 3 is 2.61 bits per heavy atom. The van der Waals surface area contributed by atoms with Crippen molar-refractivity contribution in [2.24, 2.45) is 0 Å². The van der Waals surface area contributed by atoms with Crippen LogP contribution in [0.1, 0.15) is 19.4 Å². The molecule has 0 radical (unpaired) electrons. The molecule has 1 unspecified atom stereocenters. The molecule has 2 rings (SSSR count). The first-order chi connectivity index (χ1) is 8.80. The Bertz CT molecular complexity index is 488. The van der Waals surface area contributed by atoms with E-state index in [0.29, 0.717) is 0 Å². The number of fused-ring (bicyclic) bond motifs is 1. The highest BCUT2D eigenvalue weighted by molar-refractivity contribution is 5.83.